The maximum atomic E-state index is 13.4. The molecule has 6 heteroatoms. The van der Waals surface area contributed by atoms with Crippen LogP contribution in [0, 0.1) is 11.8 Å². The van der Waals surface area contributed by atoms with Crippen LogP contribution in [0.3, 0.4) is 0 Å². The molecule has 6 nitrogen and oxygen atoms in total. The number of carbonyl (C=O) groups is 2. The molecule has 0 aromatic heterocycles. The van der Waals surface area contributed by atoms with Crippen LogP contribution in [-0.2, 0) is 16.0 Å². The molecular formula is C37H52N2O4. The minimum atomic E-state index is -0.572. The van der Waals surface area contributed by atoms with Crippen LogP contribution < -0.4 is 5.32 Å². The SMILES string of the molecule is CC(C)/C(=C\c1ccccc1)[C@@H]1C[C@H]1N[C@H]1CC[C@@H](N(Cc2ccc(C(=O)OC(C)(C)C)cc2)C(=O)OC(C)(C)C)CC1. The average molecular weight is 589 g/mol. The average Bonchev–Trinajstić information content (AvgIpc) is 3.68. The van der Waals surface area contributed by atoms with Gasteiger partial charge in [0.25, 0.3) is 0 Å². The van der Waals surface area contributed by atoms with Crippen LogP contribution in [0.1, 0.15) is 109 Å². The van der Waals surface area contributed by atoms with Gasteiger partial charge >= 0.3 is 12.1 Å². The molecule has 0 saturated heterocycles. The summed E-state index contributed by atoms with van der Waals surface area (Å²) in [7, 11) is 0. The Morgan fingerprint density at radius 1 is 0.884 bits per heavy atom. The van der Waals surface area contributed by atoms with Gasteiger partial charge in [-0.1, -0.05) is 68.0 Å². The highest BCUT2D eigenvalue weighted by Crippen LogP contribution is 2.42. The molecule has 0 heterocycles. The second-order valence-electron chi connectivity index (χ2n) is 14.6. The molecule has 2 aliphatic rings. The molecule has 0 aliphatic heterocycles. The fourth-order valence-corrected chi connectivity index (χ4v) is 5.99. The molecular weight excluding hydrogens is 536 g/mol. The van der Waals surface area contributed by atoms with Gasteiger partial charge in [0.2, 0.25) is 0 Å². The zero-order valence-corrected chi connectivity index (χ0v) is 27.5. The number of hydrogen-bond donors (Lipinski definition) is 1. The van der Waals surface area contributed by atoms with E-state index in [1.165, 1.54) is 17.6 Å². The Morgan fingerprint density at radius 2 is 1.49 bits per heavy atom. The Morgan fingerprint density at radius 3 is 2.05 bits per heavy atom. The van der Waals surface area contributed by atoms with Gasteiger partial charge in [-0.25, -0.2) is 9.59 Å². The van der Waals surface area contributed by atoms with Gasteiger partial charge in [-0.05, 0) is 109 Å². The van der Waals surface area contributed by atoms with Gasteiger partial charge in [0.05, 0.1) is 5.56 Å². The summed E-state index contributed by atoms with van der Waals surface area (Å²) in [5.41, 5.74) is 3.16. The zero-order valence-electron chi connectivity index (χ0n) is 27.5. The molecule has 0 radical (unpaired) electrons. The lowest BCUT2D eigenvalue weighted by Crippen LogP contribution is -2.47. The Kier molecular flexibility index (Phi) is 10.4. The van der Waals surface area contributed by atoms with Crippen molar-refractivity contribution in [2.75, 3.05) is 0 Å². The quantitative estimate of drug-likeness (QED) is 0.298. The van der Waals surface area contributed by atoms with Crippen molar-refractivity contribution in [3.05, 3.63) is 76.9 Å². The summed E-state index contributed by atoms with van der Waals surface area (Å²) in [5, 5.41) is 3.95. The van der Waals surface area contributed by atoms with Gasteiger partial charge < -0.3 is 19.7 Å². The molecule has 4 rings (SSSR count). The predicted molar refractivity (Wildman–Crippen MR) is 174 cm³/mol. The van der Waals surface area contributed by atoms with Crippen molar-refractivity contribution in [3.63, 3.8) is 0 Å². The first kappa shape index (κ1) is 32.8. The van der Waals surface area contributed by atoms with E-state index >= 15 is 0 Å². The first-order chi connectivity index (χ1) is 20.2. The van der Waals surface area contributed by atoms with E-state index in [0.717, 1.165) is 31.2 Å². The van der Waals surface area contributed by atoms with Gasteiger partial charge in [-0.3, -0.25) is 0 Å². The van der Waals surface area contributed by atoms with Crippen molar-refractivity contribution in [2.24, 2.45) is 11.8 Å². The summed E-state index contributed by atoms with van der Waals surface area (Å²) in [5.74, 6) is 0.774. The van der Waals surface area contributed by atoms with E-state index in [1.54, 1.807) is 12.1 Å². The standard InChI is InChI=1S/C37H52N2O4/c1-25(2)31(22-26-12-10-9-11-13-26)32-23-33(32)38-29-18-20-30(21-19-29)39(35(41)43-37(6,7)8)24-27-14-16-28(17-15-27)34(40)42-36(3,4)5/h9-17,22,25,29-30,32-33,38H,18-21,23-24H2,1-8H3/b31-22+/t29-,30+,32-,33+/m0/s1. The van der Waals surface area contributed by atoms with Crippen LogP contribution in [0.4, 0.5) is 4.79 Å². The molecule has 2 aliphatic carbocycles. The third kappa shape index (κ3) is 9.96. The number of esters is 1. The van der Waals surface area contributed by atoms with Gasteiger partial charge in [0.1, 0.15) is 11.2 Å². The highest BCUT2D eigenvalue weighted by atomic mass is 16.6. The lowest BCUT2D eigenvalue weighted by atomic mass is 9.89. The molecule has 43 heavy (non-hydrogen) atoms. The molecule has 0 spiro atoms. The van der Waals surface area contributed by atoms with Crippen molar-refractivity contribution in [3.8, 4) is 0 Å². The zero-order chi connectivity index (χ0) is 31.4. The molecule has 1 N–H and O–H groups in total. The molecule has 2 saturated carbocycles. The van der Waals surface area contributed by atoms with E-state index in [-0.39, 0.29) is 18.1 Å². The van der Waals surface area contributed by atoms with E-state index in [0.29, 0.717) is 36.0 Å². The van der Waals surface area contributed by atoms with Crippen LogP contribution in [0.2, 0.25) is 0 Å². The molecule has 2 aromatic rings. The highest BCUT2D eigenvalue weighted by molar-refractivity contribution is 5.89. The topological polar surface area (TPSA) is 67.9 Å². The van der Waals surface area contributed by atoms with Crippen molar-refractivity contribution in [1.29, 1.82) is 0 Å². The van der Waals surface area contributed by atoms with Crippen LogP contribution in [0.5, 0.6) is 0 Å². The summed E-state index contributed by atoms with van der Waals surface area (Å²) in [6, 6.07) is 19.1. The third-order valence-corrected chi connectivity index (χ3v) is 8.17. The summed E-state index contributed by atoms with van der Waals surface area (Å²) in [6.07, 6.45) is 7.22. The lowest BCUT2D eigenvalue weighted by Gasteiger charge is -2.38. The van der Waals surface area contributed by atoms with Crippen LogP contribution in [0.15, 0.2) is 60.2 Å². The summed E-state index contributed by atoms with van der Waals surface area (Å²) >= 11 is 0. The van der Waals surface area contributed by atoms with Gasteiger partial charge in [0, 0.05) is 24.7 Å². The summed E-state index contributed by atoms with van der Waals surface area (Å²) in [6.45, 7) is 16.3. The largest absolute Gasteiger partial charge is 0.456 e. The fourth-order valence-electron chi connectivity index (χ4n) is 5.99. The predicted octanol–water partition coefficient (Wildman–Crippen LogP) is 8.41. The van der Waals surface area contributed by atoms with Crippen LogP contribution >= 0.6 is 0 Å². The monoisotopic (exact) mass is 588 g/mol. The van der Waals surface area contributed by atoms with E-state index in [9.17, 15) is 9.59 Å². The number of ether oxygens (including phenoxy) is 2. The number of hydrogen-bond acceptors (Lipinski definition) is 5. The van der Waals surface area contributed by atoms with Gasteiger partial charge in [0.15, 0.2) is 0 Å². The Hall–Kier alpha value is -3.12. The smallest absolute Gasteiger partial charge is 0.410 e. The molecule has 234 valence electrons. The number of nitrogens with one attached hydrogen (secondary N) is 1. The van der Waals surface area contributed by atoms with Crippen molar-refractivity contribution in [1.82, 2.24) is 10.2 Å². The maximum absolute atomic E-state index is 13.4. The second-order valence-corrected chi connectivity index (χ2v) is 14.6. The number of nitrogens with zero attached hydrogens (tertiary/aromatic N) is 1. The molecule has 0 unspecified atom stereocenters. The number of benzene rings is 2. The van der Waals surface area contributed by atoms with Gasteiger partial charge in [-0.2, -0.15) is 0 Å². The first-order valence-electron chi connectivity index (χ1n) is 16.0. The molecule has 2 fully saturated rings. The van der Waals surface area contributed by atoms with Crippen molar-refractivity contribution < 1.29 is 19.1 Å². The first-order valence-corrected chi connectivity index (χ1v) is 16.0. The maximum Gasteiger partial charge on any atom is 0.410 e. The highest BCUT2D eigenvalue weighted by Gasteiger charge is 2.42. The molecule has 0 bridgehead atoms. The Balaban J connectivity index is 1.36. The van der Waals surface area contributed by atoms with E-state index in [1.807, 2.05) is 58.6 Å². The van der Waals surface area contributed by atoms with Crippen LogP contribution in [-0.4, -0.2) is 46.3 Å². The third-order valence-electron chi connectivity index (χ3n) is 8.17. The van der Waals surface area contributed by atoms with Gasteiger partial charge in [-0.15, -0.1) is 0 Å². The van der Waals surface area contributed by atoms with Crippen molar-refractivity contribution in [2.45, 2.75) is 123 Å². The molecule has 2 aromatic carbocycles. The number of carbonyl (C=O) groups excluding carboxylic acids is 2. The number of rotatable bonds is 9. The minimum Gasteiger partial charge on any atom is -0.456 e. The van der Waals surface area contributed by atoms with E-state index in [4.69, 9.17) is 9.47 Å². The van der Waals surface area contributed by atoms with E-state index in [2.05, 4.69) is 55.6 Å². The lowest BCUT2D eigenvalue weighted by molar-refractivity contribution is 0.00616. The van der Waals surface area contributed by atoms with E-state index < -0.39 is 11.2 Å². The minimum absolute atomic E-state index is 0.109. The van der Waals surface area contributed by atoms with Crippen LogP contribution in [0.25, 0.3) is 6.08 Å². The summed E-state index contributed by atoms with van der Waals surface area (Å²) in [4.78, 5) is 27.8. The fraction of sp³-hybridized carbons (Fsp3) is 0.568. The summed E-state index contributed by atoms with van der Waals surface area (Å²) < 4.78 is 11.3. The normalized spacial score (nSPS) is 22.7. The van der Waals surface area contributed by atoms with Crippen molar-refractivity contribution >= 4 is 18.1 Å². The molecule has 1 amide bonds. The number of amides is 1. The molecule has 2 atom stereocenters. The second kappa shape index (κ2) is 13.7. The Labute approximate surface area is 259 Å². The Bertz CT molecular complexity index is 1250.